The van der Waals surface area contributed by atoms with Crippen molar-refractivity contribution in [1.29, 1.82) is 0 Å². The monoisotopic (exact) mass is 363 g/mol. The Morgan fingerprint density at radius 2 is 1.67 bits per heavy atom. The first kappa shape index (κ1) is 17.4. The molecule has 2 heterocycles. The highest BCUT2D eigenvalue weighted by atomic mass is 32.2. The number of furan rings is 1. The first-order valence-corrected chi connectivity index (χ1v) is 13.2. The van der Waals surface area contributed by atoms with E-state index >= 15 is 0 Å². The summed E-state index contributed by atoms with van der Waals surface area (Å²) in [6.07, 6.45) is 1.61. The van der Waals surface area contributed by atoms with Gasteiger partial charge in [-0.15, -0.1) is 0 Å². The number of sulfonamides is 1. The van der Waals surface area contributed by atoms with Crippen LogP contribution in [0.2, 0.25) is 19.6 Å². The van der Waals surface area contributed by atoms with Crippen LogP contribution < -0.4 is 0 Å². The normalized spacial score (nSPS) is 24.2. The van der Waals surface area contributed by atoms with E-state index in [-0.39, 0.29) is 11.7 Å². The van der Waals surface area contributed by atoms with Crippen LogP contribution in [0.1, 0.15) is 28.5 Å². The van der Waals surface area contributed by atoms with E-state index < -0.39 is 18.1 Å². The Morgan fingerprint density at radius 1 is 1.08 bits per heavy atom. The maximum absolute atomic E-state index is 13.4. The van der Waals surface area contributed by atoms with Gasteiger partial charge in [-0.25, -0.2) is 8.42 Å². The maximum Gasteiger partial charge on any atom is 0.244 e. The molecule has 3 rings (SSSR count). The third-order valence-electron chi connectivity index (χ3n) is 4.62. The van der Waals surface area contributed by atoms with Crippen molar-refractivity contribution in [3.63, 3.8) is 0 Å². The number of rotatable bonds is 4. The second-order valence-electron chi connectivity index (χ2n) is 7.83. The molecule has 0 spiro atoms. The molecule has 2 aromatic rings. The summed E-state index contributed by atoms with van der Waals surface area (Å²) in [4.78, 5) is 0.449. The van der Waals surface area contributed by atoms with Crippen LogP contribution in [-0.2, 0) is 10.0 Å². The lowest BCUT2D eigenvalue weighted by atomic mass is 10.1. The summed E-state index contributed by atoms with van der Waals surface area (Å²) in [5.41, 5.74) is 2.74. The predicted molar refractivity (Wildman–Crippen MR) is 98.3 cm³/mol. The summed E-state index contributed by atoms with van der Waals surface area (Å²) in [5.74, 6) is 0.744. The smallest absolute Gasteiger partial charge is 0.244 e. The average molecular weight is 364 g/mol. The van der Waals surface area contributed by atoms with Crippen LogP contribution in [-0.4, -0.2) is 26.5 Å². The third-order valence-corrected chi connectivity index (χ3v) is 9.34. The molecule has 1 fully saturated rings. The Labute approximate surface area is 145 Å². The summed E-state index contributed by atoms with van der Waals surface area (Å²) >= 11 is 0. The molecule has 0 bridgehead atoms. The lowest BCUT2D eigenvalue weighted by Gasteiger charge is -2.17. The molecule has 0 radical (unpaired) electrons. The molecule has 0 amide bonds. The van der Waals surface area contributed by atoms with Crippen LogP contribution in [0.5, 0.6) is 0 Å². The maximum atomic E-state index is 13.4. The van der Waals surface area contributed by atoms with Crippen molar-refractivity contribution in [3.8, 4) is 0 Å². The van der Waals surface area contributed by atoms with Gasteiger partial charge in [-0.1, -0.05) is 37.3 Å². The minimum Gasteiger partial charge on any atom is -0.468 e. The van der Waals surface area contributed by atoms with Crippen LogP contribution in [0.25, 0.3) is 0 Å². The number of benzene rings is 1. The highest BCUT2D eigenvalue weighted by molar-refractivity contribution is 7.89. The quantitative estimate of drug-likeness (QED) is 0.604. The fraction of sp³-hybridized carbons (Fsp3) is 0.444. The highest BCUT2D eigenvalue weighted by Gasteiger charge is 2.63. The lowest BCUT2D eigenvalue weighted by molar-refractivity contribution is 0.486. The van der Waals surface area contributed by atoms with E-state index in [2.05, 4.69) is 19.6 Å². The zero-order valence-electron chi connectivity index (χ0n) is 15.1. The molecule has 1 saturated heterocycles. The molecule has 1 aliphatic heterocycles. The molecule has 1 unspecified atom stereocenters. The molecule has 0 aliphatic carbocycles. The third kappa shape index (κ3) is 2.76. The van der Waals surface area contributed by atoms with Crippen LogP contribution in [0.4, 0.5) is 0 Å². The van der Waals surface area contributed by atoms with Crippen molar-refractivity contribution in [1.82, 2.24) is 4.31 Å². The van der Waals surface area contributed by atoms with Gasteiger partial charge in [0.1, 0.15) is 5.76 Å². The van der Waals surface area contributed by atoms with E-state index in [0.29, 0.717) is 4.90 Å². The molecular formula is C18H25NO3SSi. The largest absolute Gasteiger partial charge is 0.468 e. The van der Waals surface area contributed by atoms with Crippen molar-refractivity contribution in [3.05, 3.63) is 53.0 Å². The molecular weight excluding hydrogens is 338 g/mol. The van der Waals surface area contributed by atoms with Crippen LogP contribution >= 0.6 is 0 Å². The van der Waals surface area contributed by atoms with Crippen molar-refractivity contribution < 1.29 is 12.8 Å². The van der Waals surface area contributed by atoms with Gasteiger partial charge >= 0.3 is 0 Å². The van der Waals surface area contributed by atoms with Gasteiger partial charge in [0.2, 0.25) is 10.0 Å². The first-order valence-electron chi connectivity index (χ1n) is 8.20. The van der Waals surface area contributed by atoms with Gasteiger partial charge in [-0.05, 0) is 44.0 Å². The zero-order valence-corrected chi connectivity index (χ0v) is 16.9. The van der Waals surface area contributed by atoms with Gasteiger partial charge in [0, 0.05) is 5.67 Å². The van der Waals surface area contributed by atoms with Crippen molar-refractivity contribution >= 4 is 18.1 Å². The Bertz CT molecular complexity index is 843. The van der Waals surface area contributed by atoms with E-state index in [1.807, 2.05) is 45.0 Å². The van der Waals surface area contributed by atoms with E-state index in [9.17, 15) is 8.42 Å². The number of nitrogens with zero attached hydrogens (tertiary/aromatic N) is 1. The molecule has 6 heteroatoms. The summed E-state index contributed by atoms with van der Waals surface area (Å²) < 4.78 is 34.0. The molecule has 1 aliphatic rings. The van der Waals surface area contributed by atoms with Gasteiger partial charge < -0.3 is 4.42 Å². The SMILES string of the molecule is Cc1cc(C)c(S(=O)(=O)N2[C@H](c3ccco3)[C@@H]2[Si](C)(C)C)c(C)c1. The van der Waals surface area contributed by atoms with E-state index in [4.69, 9.17) is 4.42 Å². The Hall–Kier alpha value is -1.37. The first-order chi connectivity index (χ1) is 11.0. The standard InChI is InChI=1S/C18H25NO3SSi/c1-12-10-13(2)17(14(3)11-12)23(20,21)19-16(15-8-7-9-22-15)18(19)24(4,5)6/h7-11,16,18H,1-6H3/t16-,18+,19?/m1/s1. The molecule has 130 valence electrons. The lowest BCUT2D eigenvalue weighted by Crippen LogP contribution is -2.33. The van der Waals surface area contributed by atoms with Crippen LogP contribution in [0.15, 0.2) is 39.8 Å². The van der Waals surface area contributed by atoms with Crippen LogP contribution in [0, 0.1) is 20.8 Å². The highest BCUT2D eigenvalue weighted by Crippen LogP contribution is 2.52. The molecule has 4 nitrogen and oxygen atoms in total. The van der Waals surface area contributed by atoms with Crippen molar-refractivity contribution in [2.45, 2.75) is 57.0 Å². The molecule has 0 N–H and O–H groups in total. The van der Waals surface area contributed by atoms with Crippen molar-refractivity contribution in [2.75, 3.05) is 0 Å². The summed E-state index contributed by atoms with van der Waals surface area (Å²) in [6, 6.07) is 7.41. The molecule has 0 saturated carbocycles. The van der Waals surface area contributed by atoms with E-state index in [0.717, 1.165) is 22.5 Å². The van der Waals surface area contributed by atoms with Crippen molar-refractivity contribution in [2.24, 2.45) is 0 Å². The predicted octanol–water partition coefficient (Wildman–Crippen LogP) is 4.20. The van der Waals surface area contributed by atoms with E-state index in [1.165, 1.54) is 0 Å². The van der Waals surface area contributed by atoms with E-state index in [1.54, 1.807) is 10.6 Å². The fourth-order valence-corrected chi connectivity index (χ4v) is 9.39. The molecule has 3 atom stereocenters. The summed E-state index contributed by atoms with van der Waals surface area (Å²) in [6.45, 7) is 12.4. The molecule has 1 aromatic carbocycles. The Morgan fingerprint density at radius 3 is 2.12 bits per heavy atom. The summed E-state index contributed by atoms with van der Waals surface area (Å²) in [5, 5.41) is 0. The Kier molecular flexibility index (Phi) is 4.05. The zero-order chi connectivity index (χ0) is 17.9. The number of hydrogen-bond donors (Lipinski definition) is 0. The topological polar surface area (TPSA) is 50.3 Å². The van der Waals surface area contributed by atoms with Gasteiger partial charge in [-0.3, -0.25) is 0 Å². The fourth-order valence-electron chi connectivity index (χ4n) is 3.79. The Balaban J connectivity index is 2.10. The second kappa shape index (κ2) is 5.57. The van der Waals surface area contributed by atoms with Gasteiger partial charge in [0.15, 0.2) is 0 Å². The van der Waals surface area contributed by atoms with Gasteiger partial charge in [0.05, 0.1) is 25.3 Å². The van der Waals surface area contributed by atoms with Crippen LogP contribution in [0.3, 0.4) is 0 Å². The van der Waals surface area contributed by atoms with Gasteiger partial charge in [0.25, 0.3) is 0 Å². The second-order valence-corrected chi connectivity index (χ2v) is 14.9. The molecule has 24 heavy (non-hydrogen) atoms. The molecule has 1 aromatic heterocycles. The summed E-state index contributed by atoms with van der Waals surface area (Å²) in [7, 11) is -5.25. The number of aryl methyl sites for hydroxylation is 3. The minimum atomic E-state index is -3.54. The van der Waals surface area contributed by atoms with Gasteiger partial charge in [-0.2, -0.15) is 4.31 Å². The minimum absolute atomic E-state index is 0.0359. The number of hydrogen-bond acceptors (Lipinski definition) is 3. The average Bonchev–Trinajstić information content (AvgIpc) is 2.97.